The minimum Gasteiger partial charge on any atom is -0.393 e. The SMILES string of the molecule is CC1(C)CC(NCC2CCCC2O)CC(C)(C)C1. The molecule has 2 nitrogen and oxygen atoms in total. The summed E-state index contributed by atoms with van der Waals surface area (Å²) >= 11 is 0. The van der Waals surface area contributed by atoms with Gasteiger partial charge in [0.25, 0.3) is 0 Å². The molecule has 18 heavy (non-hydrogen) atoms. The Hall–Kier alpha value is -0.0800. The van der Waals surface area contributed by atoms with Crippen molar-refractivity contribution in [2.45, 2.75) is 78.4 Å². The summed E-state index contributed by atoms with van der Waals surface area (Å²) in [5, 5.41) is 13.6. The second-order valence-electron chi connectivity index (χ2n) is 8.28. The van der Waals surface area contributed by atoms with E-state index in [4.69, 9.17) is 0 Å². The molecule has 2 N–H and O–H groups in total. The molecule has 0 aromatic rings. The zero-order valence-corrected chi connectivity index (χ0v) is 12.6. The highest BCUT2D eigenvalue weighted by Gasteiger charge is 2.38. The van der Waals surface area contributed by atoms with Gasteiger partial charge >= 0.3 is 0 Å². The highest BCUT2D eigenvalue weighted by molar-refractivity contribution is 4.93. The Bertz CT molecular complexity index is 269. The number of aliphatic hydroxyl groups is 1. The first-order valence-electron chi connectivity index (χ1n) is 7.69. The number of rotatable bonds is 3. The van der Waals surface area contributed by atoms with Gasteiger partial charge in [-0.25, -0.2) is 0 Å². The Morgan fingerprint density at radius 1 is 1.06 bits per heavy atom. The maximum absolute atomic E-state index is 9.88. The Kier molecular flexibility index (Phi) is 4.08. The van der Waals surface area contributed by atoms with Crippen molar-refractivity contribution >= 4 is 0 Å². The third kappa shape index (κ3) is 3.71. The van der Waals surface area contributed by atoms with E-state index in [0.717, 1.165) is 13.0 Å². The van der Waals surface area contributed by atoms with E-state index < -0.39 is 0 Å². The third-order valence-electron chi connectivity index (χ3n) is 4.84. The topological polar surface area (TPSA) is 32.3 Å². The Balaban J connectivity index is 1.85. The smallest absolute Gasteiger partial charge is 0.0580 e. The fraction of sp³-hybridized carbons (Fsp3) is 1.00. The van der Waals surface area contributed by atoms with Crippen LogP contribution in [0.15, 0.2) is 0 Å². The predicted molar refractivity (Wildman–Crippen MR) is 76.6 cm³/mol. The van der Waals surface area contributed by atoms with Gasteiger partial charge in [-0.05, 0) is 48.9 Å². The van der Waals surface area contributed by atoms with Crippen LogP contribution in [-0.2, 0) is 0 Å². The lowest BCUT2D eigenvalue weighted by atomic mass is 9.63. The summed E-state index contributed by atoms with van der Waals surface area (Å²) < 4.78 is 0. The summed E-state index contributed by atoms with van der Waals surface area (Å²) in [5.41, 5.74) is 0.904. The normalized spacial score (nSPS) is 35.8. The molecule has 0 saturated heterocycles. The van der Waals surface area contributed by atoms with Crippen LogP contribution in [0, 0.1) is 16.7 Å². The van der Waals surface area contributed by atoms with Gasteiger partial charge in [0, 0.05) is 12.6 Å². The van der Waals surface area contributed by atoms with Crippen molar-refractivity contribution in [2.75, 3.05) is 6.54 Å². The van der Waals surface area contributed by atoms with Gasteiger partial charge in [0.05, 0.1) is 6.10 Å². The average Bonchev–Trinajstić information content (AvgIpc) is 2.56. The van der Waals surface area contributed by atoms with Crippen LogP contribution in [0.3, 0.4) is 0 Å². The molecule has 2 saturated carbocycles. The molecule has 0 radical (unpaired) electrons. The largest absolute Gasteiger partial charge is 0.393 e. The predicted octanol–water partition coefficient (Wildman–Crippen LogP) is 3.34. The minimum absolute atomic E-state index is 0.0536. The van der Waals surface area contributed by atoms with E-state index in [9.17, 15) is 5.11 Å². The zero-order chi connectivity index (χ0) is 13.4. The Morgan fingerprint density at radius 2 is 1.67 bits per heavy atom. The van der Waals surface area contributed by atoms with Crippen molar-refractivity contribution in [1.29, 1.82) is 0 Å². The molecule has 2 heteroatoms. The van der Waals surface area contributed by atoms with E-state index in [1.807, 2.05) is 0 Å². The van der Waals surface area contributed by atoms with Crippen LogP contribution < -0.4 is 5.32 Å². The third-order valence-corrected chi connectivity index (χ3v) is 4.84. The zero-order valence-electron chi connectivity index (χ0n) is 12.6. The number of hydrogen-bond acceptors (Lipinski definition) is 2. The molecule has 0 amide bonds. The molecular weight excluding hydrogens is 222 g/mol. The van der Waals surface area contributed by atoms with Gasteiger partial charge in [0.1, 0.15) is 0 Å². The van der Waals surface area contributed by atoms with Gasteiger partial charge in [-0.2, -0.15) is 0 Å². The summed E-state index contributed by atoms with van der Waals surface area (Å²) in [7, 11) is 0. The molecule has 2 atom stereocenters. The van der Waals surface area contributed by atoms with Gasteiger partial charge in [-0.1, -0.05) is 34.1 Å². The van der Waals surface area contributed by atoms with E-state index in [1.165, 1.54) is 32.1 Å². The van der Waals surface area contributed by atoms with Crippen molar-refractivity contribution in [2.24, 2.45) is 16.7 Å². The lowest BCUT2D eigenvalue weighted by Gasteiger charge is -2.45. The van der Waals surface area contributed by atoms with Crippen molar-refractivity contribution in [3.8, 4) is 0 Å². The molecule has 0 heterocycles. The molecule has 106 valence electrons. The minimum atomic E-state index is -0.0536. The Morgan fingerprint density at radius 3 is 2.17 bits per heavy atom. The Labute approximate surface area is 113 Å². The van der Waals surface area contributed by atoms with Gasteiger partial charge < -0.3 is 10.4 Å². The fourth-order valence-corrected chi connectivity index (χ4v) is 4.56. The van der Waals surface area contributed by atoms with E-state index in [0.29, 0.717) is 22.8 Å². The first-order valence-corrected chi connectivity index (χ1v) is 7.69. The maximum atomic E-state index is 9.88. The van der Waals surface area contributed by atoms with Gasteiger partial charge in [0.2, 0.25) is 0 Å². The van der Waals surface area contributed by atoms with E-state index in [1.54, 1.807) is 0 Å². The quantitative estimate of drug-likeness (QED) is 0.808. The van der Waals surface area contributed by atoms with Gasteiger partial charge in [-0.15, -0.1) is 0 Å². The molecule has 2 unspecified atom stereocenters. The second kappa shape index (κ2) is 5.13. The van der Waals surface area contributed by atoms with Crippen LogP contribution in [-0.4, -0.2) is 23.8 Å². The first kappa shape index (κ1) is 14.3. The van der Waals surface area contributed by atoms with Crippen LogP contribution in [0.5, 0.6) is 0 Å². The summed E-state index contributed by atoms with van der Waals surface area (Å²) in [6.07, 6.45) is 7.24. The summed E-state index contributed by atoms with van der Waals surface area (Å²) in [5.74, 6) is 0.498. The van der Waals surface area contributed by atoms with Crippen LogP contribution in [0.25, 0.3) is 0 Å². The molecule has 0 aliphatic heterocycles. The highest BCUT2D eigenvalue weighted by atomic mass is 16.3. The fourth-order valence-electron chi connectivity index (χ4n) is 4.56. The van der Waals surface area contributed by atoms with Crippen LogP contribution in [0.1, 0.15) is 66.2 Å². The molecule has 0 bridgehead atoms. The van der Waals surface area contributed by atoms with Crippen LogP contribution >= 0.6 is 0 Å². The van der Waals surface area contributed by atoms with E-state index in [-0.39, 0.29) is 6.10 Å². The average molecular weight is 253 g/mol. The lowest BCUT2D eigenvalue weighted by molar-refractivity contribution is 0.0766. The van der Waals surface area contributed by atoms with Crippen molar-refractivity contribution in [3.63, 3.8) is 0 Å². The van der Waals surface area contributed by atoms with Crippen molar-refractivity contribution in [1.82, 2.24) is 5.32 Å². The summed E-state index contributed by atoms with van der Waals surface area (Å²) in [6, 6.07) is 0.636. The maximum Gasteiger partial charge on any atom is 0.0580 e. The van der Waals surface area contributed by atoms with Crippen molar-refractivity contribution in [3.05, 3.63) is 0 Å². The molecule has 2 fully saturated rings. The lowest BCUT2D eigenvalue weighted by Crippen LogP contribution is -2.45. The van der Waals surface area contributed by atoms with E-state index >= 15 is 0 Å². The van der Waals surface area contributed by atoms with Crippen molar-refractivity contribution < 1.29 is 5.11 Å². The number of hydrogen-bond donors (Lipinski definition) is 2. The van der Waals surface area contributed by atoms with Gasteiger partial charge in [-0.3, -0.25) is 0 Å². The molecule has 2 aliphatic carbocycles. The molecule has 0 aromatic heterocycles. The molecule has 2 rings (SSSR count). The second-order valence-corrected chi connectivity index (χ2v) is 8.28. The van der Waals surface area contributed by atoms with Gasteiger partial charge in [0.15, 0.2) is 0 Å². The molecular formula is C16H31NO. The number of aliphatic hydroxyl groups excluding tert-OH is 1. The standard InChI is InChI=1S/C16H31NO/c1-15(2)8-13(9-16(3,4)11-15)17-10-12-6-5-7-14(12)18/h12-14,17-18H,5-11H2,1-4H3. The monoisotopic (exact) mass is 253 g/mol. The summed E-state index contributed by atoms with van der Waals surface area (Å²) in [4.78, 5) is 0. The van der Waals surface area contributed by atoms with Crippen LogP contribution in [0.2, 0.25) is 0 Å². The molecule has 2 aliphatic rings. The van der Waals surface area contributed by atoms with E-state index in [2.05, 4.69) is 33.0 Å². The molecule has 0 aromatic carbocycles. The van der Waals surface area contributed by atoms with Crippen LogP contribution in [0.4, 0.5) is 0 Å². The number of nitrogens with one attached hydrogen (secondary N) is 1. The molecule has 0 spiro atoms. The summed E-state index contributed by atoms with van der Waals surface area (Å²) in [6.45, 7) is 10.6. The first-order chi connectivity index (χ1) is 8.27. The highest BCUT2D eigenvalue weighted by Crippen LogP contribution is 2.45.